The smallest absolute Gasteiger partial charge is 0.146 e. The molecule has 0 aliphatic heterocycles. The number of aromatic nitrogens is 4. The fourth-order valence-corrected chi connectivity index (χ4v) is 6.46. The first-order valence-corrected chi connectivity index (χ1v) is 12.0. The van der Waals surface area contributed by atoms with Gasteiger partial charge in [0.25, 0.3) is 0 Å². The van der Waals surface area contributed by atoms with Gasteiger partial charge in [-0.15, -0.1) is 0 Å². The number of nitrogens with zero attached hydrogens (tertiary/aromatic N) is 4. The monoisotopic (exact) mass is 446 g/mol. The number of imidazole rings is 1. The fraction of sp³-hybridized carbons (Fsp3) is 0.0645. The zero-order valence-corrected chi connectivity index (χ0v) is 18.8. The Morgan fingerprint density at radius 1 is 0.600 bits per heavy atom. The van der Waals surface area contributed by atoms with Gasteiger partial charge in [-0.1, -0.05) is 30.3 Å². The van der Waals surface area contributed by atoms with E-state index in [-0.39, 0.29) is 0 Å². The highest BCUT2D eigenvalue weighted by Gasteiger charge is 2.27. The third-order valence-electron chi connectivity index (χ3n) is 8.00. The molecule has 4 heteroatoms. The molecule has 2 aliphatic rings. The molecule has 0 unspecified atom stereocenters. The largest absolute Gasteiger partial charge is 0.292 e. The van der Waals surface area contributed by atoms with E-state index in [1.165, 1.54) is 44.5 Å². The minimum atomic E-state index is 0.917. The van der Waals surface area contributed by atoms with Crippen LogP contribution in [0.3, 0.4) is 0 Å². The molecule has 4 heterocycles. The SMILES string of the molecule is c1ccc2c(c1)Cc1cc3c(cc1-2)Cc1c-3ccc2c1nc1c3ccncc3c3cnccc3n21. The predicted octanol–water partition coefficient (Wildman–Crippen LogP) is 6.73. The number of hydrogen-bond acceptors (Lipinski definition) is 3. The summed E-state index contributed by atoms with van der Waals surface area (Å²) in [4.78, 5) is 14.1. The Labute approximate surface area is 200 Å². The van der Waals surface area contributed by atoms with Crippen molar-refractivity contribution in [3.63, 3.8) is 0 Å². The maximum absolute atomic E-state index is 5.28. The summed E-state index contributed by atoms with van der Waals surface area (Å²) >= 11 is 0. The number of fused-ring (bicyclic) bond motifs is 15. The van der Waals surface area contributed by atoms with Crippen LogP contribution in [0.15, 0.2) is 85.5 Å². The third-order valence-corrected chi connectivity index (χ3v) is 8.00. The number of pyridine rings is 3. The Balaban J connectivity index is 1.35. The highest BCUT2D eigenvalue weighted by molar-refractivity contribution is 6.13. The molecule has 0 N–H and O–H groups in total. The number of benzene rings is 3. The minimum absolute atomic E-state index is 0.917. The van der Waals surface area contributed by atoms with Gasteiger partial charge in [0, 0.05) is 47.4 Å². The van der Waals surface area contributed by atoms with E-state index >= 15 is 0 Å². The molecule has 0 atom stereocenters. The van der Waals surface area contributed by atoms with Crippen molar-refractivity contribution in [3.8, 4) is 22.3 Å². The molecule has 0 fully saturated rings. The van der Waals surface area contributed by atoms with Gasteiger partial charge in [0.15, 0.2) is 0 Å². The summed E-state index contributed by atoms with van der Waals surface area (Å²) in [6.07, 6.45) is 9.51. The lowest BCUT2D eigenvalue weighted by Crippen LogP contribution is -1.92. The van der Waals surface area contributed by atoms with Crippen molar-refractivity contribution in [2.45, 2.75) is 12.8 Å². The standard InChI is InChI=1S/C31H18N4/c1-2-4-20-17(3-1)11-18-12-24-19(13-23(18)20)14-25-21(24)5-6-29-30(25)34-31-22-7-9-32-15-26(22)27-16-33-10-8-28(27)35(29)31/h1-10,12-13,15-16H,11,14H2. The third kappa shape index (κ3) is 2.15. The Kier molecular flexibility index (Phi) is 3.11. The maximum Gasteiger partial charge on any atom is 0.146 e. The summed E-state index contributed by atoms with van der Waals surface area (Å²) in [6, 6.07) is 22.4. The molecule has 2 aliphatic carbocycles. The molecule has 0 saturated carbocycles. The van der Waals surface area contributed by atoms with Crippen LogP contribution in [0, 0.1) is 0 Å². The Morgan fingerprint density at radius 3 is 2.34 bits per heavy atom. The topological polar surface area (TPSA) is 43.1 Å². The average molecular weight is 447 g/mol. The molecule has 162 valence electrons. The molecule has 0 amide bonds. The van der Waals surface area contributed by atoms with Crippen molar-refractivity contribution < 1.29 is 0 Å². The Hall–Kier alpha value is -4.57. The van der Waals surface area contributed by atoms with E-state index in [1.54, 1.807) is 0 Å². The van der Waals surface area contributed by atoms with Crippen molar-refractivity contribution in [2.75, 3.05) is 0 Å². The van der Waals surface area contributed by atoms with Gasteiger partial charge in [-0.3, -0.25) is 14.4 Å². The van der Waals surface area contributed by atoms with Crippen LogP contribution in [0.1, 0.15) is 22.3 Å². The van der Waals surface area contributed by atoms with Crippen LogP contribution in [-0.2, 0) is 12.8 Å². The molecule has 0 radical (unpaired) electrons. The molecule has 0 saturated heterocycles. The summed E-state index contributed by atoms with van der Waals surface area (Å²) in [5, 5.41) is 3.30. The highest BCUT2D eigenvalue weighted by Crippen LogP contribution is 2.46. The lowest BCUT2D eigenvalue weighted by atomic mass is 9.98. The Morgan fingerprint density at radius 2 is 1.40 bits per heavy atom. The second-order valence-electron chi connectivity index (χ2n) is 9.72. The first-order valence-electron chi connectivity index (χ1n) is 12.0. The van der Waals surface area contributed by atoms with Gasteiger partial charge >= 0.3 is 0 Å². The van der Waals surface area contributed by atoms with E-state index in [9.17, 15) is 0 Å². The van der Waals surface area contributed by atoms with Gasteiger partial charge in [0.1, 0.15) is 5.65 Å². The van der Waals surface area contributed by atoms with Crippen LogP contribution < -0.4 is 0 Å². The molecule has 3 aromatic carbocycles. The minimum Gasteiger partial charge on any atom is -0.292 e. The summed E-state index contributed by atoms with van der Waals surface area (Å²) in [7, 11) is 0. The van der Waals surface area contributed by atoms with Gasteiger partial charge in [-0.25, -0.2) is 4.98 Å². The van der Waals surface area contributed by atoms with Gasteiger partial charge in [0.05, 0.1) is 16.6 Å². The summed E-state index contributed by atoms with van der Waals surface area (Å²) < 4.78 is 2.30. The van der Waals surface area contributed by atoms with Gasteiger partial charge < -0.3 is 0 Å². The van der Waals surface area contributed by atoms with Gasteiger partial charge in [-0.05, 0) is 81.3 Å². The van der Waals surface area contributed by atoms with Crippen LogP contribution >= 0.6 is 0 Å². The van der Waals surface area contributed by atoms with Gasteiger partial charge in [-0.2, -0.15) is 0 Å². The molecular weight excluding hydrogens is 428 g/mol. The van der Waals surface area contributed by atoms with Crippen molar-refractivity contribution in [3.05, 3.63) is 108 Å². The van der Waals surface area contributed by atoms with Crippen LogP contribution in [0.4, 0.5) is 0 Å². The molecule has 4 nitrogen and oxygen atoms in total. The van der Waals surface area contributed by atoms with Crippen LogP contribution in [0.2, 0.25) is 0 Å². The normalized spacial score (nSPS) is 13.5. The zero-order valence-electron chi connectivity index (χ0n) is 18.8. The molecule has 7 aromatic rings. The fourth-order valence-electron chi connectivity index (χ4n) is 6.46. The first-order chi connectivity index (χ1) is 17.3. The summed E-state index contributed by atoms with van der Waals surface area (Å²) in [5.74, 6) is 0. The Bertz CT molecular complexity index is 2070. The highest BCUT2D eigenvalue weighted by atomic mass is 15.0. The van der Waals surface area contributed by atoms with E-state index in [2.05, 4.69) is 75.0 Å². The second-order valence-corrected chi connectivity index (χ2v) is 9.72. The molecule has 35 heavy (non-hydrogen) atoms. The number of rotatable bonds is 0. The van der Waals surface area contributed by atoms with Crippen molar-refractivity contribution in [1.29, 1.82) is 0 Å². The molecular formula is C31H18N4. The molecule has 4 aromatic heterocycles. The van der Waals surface area contributed by atoms with E-state index in [1.807, 2.05) is 24.8 Å². The summed E-state index contributed by atoms with van der Waals surface area (Å²) in [6.45, 7) is 0. The van der Waals surface area contributed by atoms with Gasteiger partial charge in [0.2, 0.25) is 0 Å². The van der Waals surface area contributed by atoms with Crippen LogP contribution in [0.5, 0.6) is 0 Å². The van der Waals surface area contributed by atoms with Crippen molar-refractivity contribution in [1.82, 2.24) is 19.4 Å². The number of hydrogen-bond donors (Lipinski definition) is 0. The van der Waals surface area contributed by atoms with Crippen LogP contribution in [-0.4, -0.2) is 19.4 Å². The maximum atomic E-state index is 5.28. The second kappa shape index (κ2) is 6.10. The van der Waals surface area contributed by atoms with Crippen LogP contribution in [0.25, 0.3) is 60.6 Å². The lowest BCUT2D eigenvalue weighted by Gasteiger charge is -2.08. The molecule has 9 rings (SSSR count). The zero-order chi connectivity index (χ0) is 22.7. The quantitative estimate of drug-likeness (QED) is 0.243. The predicted molar refractivity (Wildman–Crippen MR) is 140 cm³/mol. The first kappa shape index (κ1) is 17.8. The molecule has 0 bridgehead atoms. The molecule has 0 spiro atoms. The average Bonchev–Trinajstić information content (AvgIpc) is 3.58. The van der Waals surface area contributed by atoms with E-state index < -0.39 is 0 Å². The summed E-state index contributed by atoms with van der Waals surface area (Å²) in [5.41, 5.74) is 15.4. The van der Waals surface area contributed by atoms with E-state index in [4.69, 9.17) is 4.98 Å². The van der Waals surface area contributed by atoms with E-state index in [0.29, 0.717) is 0 Å². The van der Waals surface area contributed by atoms with Crippen molar-refractivity contribution >= 4 is 38.4 Å². The van der Waals surface area contributed by atoms with E-state index in [0.717, 1.165) is 51.2 Å². The lowest BCUT2D eigenvalue weighted by molar-refractivity contribution is 1.24. The van der Waals surface area contributed by atoms with Crippen molar-refractivity contribution in [2.24, 2.45) is 0 Å².